The molecule has 8 heteroatoms. The first kappa shape index (κ1) is 17.2. The van der Waals surface area contributed by atoms with Crippen molar-refractivity contribution in [2.75, 3.05) is 14.2 Å². The number of cyclic esters (lactones) is 1. The van der Waals surface area contributed by atoms with Crippen molar-refractivity contribution in [2.45, 2.75) is 0 Å². The summed E-state index contributed by atoms with van der Waals surface area (Å²) >= 11 is 0. The van der Waals surface area contributed by atoms with Gasteiger partial charge in [0, 0.05) is 12.1 Å². The molecule has 0 spiro atoms. The fourth-order valence-electron chi connectivity index (χ4n) is 2.36. The van der Waals surface area contributed by atoms with E-state index < -0.39 is 10.9 Å². The third kappa shape index (κ3) is 3.39. The number of carbonyl (C=O) groups excluding carboxylic acids is 1. The van der Waals surface area contributed by atoms with Crippen LogP contribution in [0.1, 0.15) is 11.1 Å². The van der Waals surface area contributed by atoms with Crippen molar-refractivity contribution in [1.29, 1.82) is 0 Å². The first-order chi connectivity index (χ1) is 12.5. The number of aliphatic imine (C=N–C) groups is 1. The number of hydrogen-bond acceptors (Lipinski definition) is 7. The van der Waals surface area contributed by atoms with Crippen LogP contribution < -0.4 is 9.47 Å². The Morgan fingerprint density at radius 2 is 1.85 bits per heavy atom. The minimum absolute atomic E-state index is 0.0357. The molecule has 2 aromatic rings. The van der Waals surface area contributed by atoms with Crippen LogP contribution in [0.5, 0.6) is 11.5 Å². The first-order valence-electron chi connectivity index (χ1n) is 7.51. The van der Waals surface area contributed by atoms with Gasteiger partial charge in [-0.2, -0.15) is 0 Å². The minimum atomic E-state index is -0.622. The summed E-state index contributed by atoms with van der Waals surface area (Å²) in [6, 6.07) is 10.8. The molecule has 0 atom stereocenters. The van der Waals surface area contributed by atoms with Crippen LogP contribution >= 0.6 is 0 Å². The lowest BCUT2D eigenvalue weighted by Crippen LogP contribution is -2.07. The van der Waals surface area contributed by atoms with E-state index in [9.17, 15) is 14.9 Å². The molecule has 0 N–H and O–H groups in total. The predicted octanol–water partition coefficient (Wildman–Crippen LogP) is 2.96. The van der Waals surface area contributed by atoms with Crippen LogP contribution in [0.2, 0.25) is 0 Å². The zero-order chi connectivity index (χ0) is 18.7. The number of hydrogen-bond donors (Lipinski definition) is 0. The first-order valence-corrected chi connectivity index (χ1v) is 7.51. The molecule has 0 radical (unpaired) electrons. The van der Waals surface area contributed by atoms with Crippen molar-refractivity contribution in [2.24, 2.45) is 4.99 Å². The predicted molar refractivity (Wildman–Crippen MR) is 93.2 cm³/mol. The summed E-state index contributed by atoms with van der Waals surface area (Å²) in [7, 11) is 3.02. The number of nitro groups is 1. The quantitative estimate of drug-likeness (QED) is 0.354. The lowest BCUT2D eigenvalue weighted by molar-refractivity contribution is -0.384. The van der Waals surface area contributed by atoms with Gasteiger partial charge < -0.3 is 14.2 Å². The average Bonchev–Trinajstić information content (AvgIpc) is 3.02. The number of methoxy groups -OCH3 is 2. The summed E-state index contributed by atoms with van der Waals surface area (Å²) in [5.41, 5.74) is 1.11. The van der Waals surface area contributed by atoms with Crippen molar-refractivity contribution < 1.29 is 23.9 Å². The Morgan fingerprint density at radius 1 is 1.12 bits per heavy atom. The minimum Gasteiger partial charge on any atom is -0.497 e. The summed E-state index contributed by atoms with van der Waals surface area (Å²) in [6.07, 6.45) is 1.49. The summed E-state index contributed by atoms with van der Waals surface area (Å²) in [5.74, 6) is 0.517. The van der Waals surface area contributed by atoms with Crippen molar-refractivity contribution in [1.82, 2.24) is 0 Å². The number of rotatable bonds is 5. The van der Waals surface area contributed by atoms with Gasteiger partial charge in [0.15, 0.2) is 5.70 Å². The molecule has 8 nitrogen and oxygen atoms in total. The average molecular weight is 354 g/mol. The van der Waals surface area contributed by atoms with Crippen LogP contribution in [-0.4, -0.2) is 31.0 Å². The van der Waals surface area contributed by atoms with Crippen molar-refractivity contribution >= 4 is 23.6 Å². The summed E-state index contributed by atoms with van der Waals surface area (Å²) in [5, 5.41) is 10.7. The SMILES string of the molecule is COc1ccc(OC)c(C2=N/C(=C/c3ccc([N+](=O)[O-])cc3)C(=O)O2)c1. The van der Waals surface area contributed by atoms with Gasteiger partial charge in [0.2, 0.25) is 5.90 Å². The molecule has 26 heavy (non-hydrogen) atoms. The highest BCUT2D eigenvalue weighted by Gasteiger charge is 2.26. The van der Waals surface area contributed by atoms with Crippen molar-refractivity contribution in [3.63, 3.8) is 0 Å². The Hall–Kier alpha value is -3.68. The van der Waals surface area contributed by atoms with Gasteiger partial charge in [0.05, 0.1) is 24.7 Å². The molecule has 2 aromatic carbocycles. The third-order valence-electron chi connectivity index (χ3n) is 3.66. The van der Waals surface area contributed by atoms with E-state index in [1.54, 1.807) is 18.2 Å². The van der Waals surface area contributed by atoms with Gasteiger partial charge in [-0.25, -0.2) is 9.79 Å². The van der Waals surface area contributed by atoms with E-state index in [2.05, 4.69) is 4.99 Å². The van der Waals surface area contributed by atoms with E-state index in [0.29, 0.717) is 22.6 Å². The normalized spacial score (nSPS) is 14.8. The maximum absolute atomic E-state index is 12.1. The third-order valence-corrected chi connectivity index (χ3v) is 3.66. The van der Waals surface area contributed by atoms with E-state index in [0.717, 1.165) is 0 Å². The smallest absolute Gasteiger partial charge is 0.363 e. The van der Waals surface area contributed by atoms with Crippen molar-refractivity contribution in [3.8, 4) is 11.5 Å². The Bertz CT molecular complexity index is 931. The lowest BCUT2D eigenvalue weighted by atomic mass is 10.1. The summed E-state index contributed by atoms with van der Waals surface area (Å²) < 4.78 is 15.7. The van der Waals surface area contributed by atoms with Gasteiger partial charge in [0.25, 0.3) is 5.69 Å². The Labute approximate surface area is 148 Å². The molecule has 132 valence electrons. The molecule has 0 saturated heterocycles. The summed E-state index contributed by atoms with van der Waals surface area (Å²) in [4.78, 5) is 26.5. The molecule has 0 bridgehead atoms. The maximum Gasteiger partial charge on any atom is 0.363 e. The van der Waals surface area contributed by atoms with Gasteiger partial charge >= 0.3 is 5.97 Å². The number of esters is 1. The molecule has 3 rings (SSSR count). The molecular formula is C18H14N2O6. The summed E-state index contributed by atoms with van der Waals surface area (Å²) in [6.45, 7) is 0. The number of ether oxygens (including phenoxy) is 3. The standard InChI is InChI=1S/C18H14N2O6/c1-24-13-7-8-16(25-2)14(10-13)17-19-15(18(21)26-17)9-11-3-5-12(6-4-11)20(22)23/h3-10H,1-2H3/b15-9+. The molecule has 0 amide bonds. The number of nitro benzene ring substituents is 1. The number of benzene rings is 2. The molecule has 1 aliphatic heterocycles. The number of non-ortho nitro benzene ring substituents is 1. The highest BCUT2D eigenvalue weighted by Crippen LogP contribution is 2.28. The van der Waals surface area contributed by atoms with E-state index in [4.69, 9.17) is 14.2 Å². The monoisotopic (exact) mass is 354 g/mol. The van der Waals surface area contributed by atoms with Gasteiger partial charge in [0.1, 0.15) is 11.5 Å². The van der Waals surface area contributed by atoms with Crippen molar-refractivity contribution in [3.05, 3.63) is 69.4 Å². The van der Waals surface area contributed by atoms with E-state index in [-0.39, 0.29) is 17.3 Å². The fraction of sp³-hybridized carbons (Fsp3) is 0.111. The zero-order valence-corrected chi connectivity index (χ0v) is 14.0. The topological polar surface area (TPSA) is 100 Å². The number of carbonyl (C=O) groups is 1. The molecule has 0 aliphatic carbocycles. The van der Waals surface area contributed by atoms with Gasteiger partial charge in [-0.05, 0) is 42.0 Å². The Kier molecular flexibility index (Phi) is 4.66. The zero-order valence-electron chi connectivity index (χ0n) is 14.0. The van der Waals surface area contributed by atoms with Gasteiger partial charge in [-0.3, -0.25) is 10.1 Å². The number of nitrogens with zero attached hydrogens (tertiary/aromatic N) is 2. The van der Waals surface area contributed by atoms with Crippen LogP contribution in [0, 0.1) is 10.1 Å². The molecule has 1 aliphatic rings. The van der Waals surface area contributed by atoms with Crippen LogP contribution in [-0.2, 0) is 9.53 Å². The van der Waals surface area contributed by atoms with E-state index in [1.165, 1.54) is 44.6 Å². The fourth-order valence-corrected chi connectivity index (χ4v) is 2.36. The largest absolute Gasteiger partial charge is 0.497 e. The van der Waals surface area contributed by atoms with Crippen LogP contribution in [0.15, 0.2) is 53.2 Å². The molecule has 0 fully saturated rings. The second-order valence-electron chi connectivity index (χ2n) is 5.25. The van der Waals surface area contributed by atoms with E-state index >= 15 is 0 Å². The molecule has 0 saturated carbocycles. The van der Waals surface area contributed by atoms with Gasteiger partial charge in [-0.1, -0.05) is 0 Å². The molecular weight excluding hydrogens is 340 g/mol. The molecule has 0 aromatic heterocycles. The van der Waals surface area contributed by atoms with Gasteiger partial charge in [-0.15, -0.1) is 0 Å². The second kappa shape index (κ2) is 7.06. The molecule has 0 unspecified atom stereocenters. The van der Waals surface area contributed by atoms with Crippen LogP contribution in [0.25, 0.3) is 6.08 Å². The molecule has 1 heterocycles. The second-order valence-corrected chi connectivity index (χ2v) is 5.25. The maximum atomic E-state index is 12.1. The lowest BCUT2D eigenvalue weighted by Gasteiger charge is -2.08. The van der Waals surface area contributed by atoms with Crippen LogP contribution in [0.4, 0.5) is 5.69 Å². The Balaban J connectivity index is 1.95. The highest BCUT2D eigenvalue weighted by molar-refractivity contribution is 6.14. The van der Waals surface area contributed by atoms with Crippen LogP contribution in [0.3, 0.4) is 0 Å². The van der Waals surface area contributed by atoms with E-state index in [1.807, 2.05) is 0 Å². The Morgan fingerprint density at radius 3 is 2.46 bits per heavy atom. The highest BCUT2D eigenvalue weighted by atomic mass is 16.6.